The maximum Gasteiger partial charge on any atom is 0.120 e. The van der Waals surface area contributed by atoms with Crippen LogP contribution in [0.1, 0.15) is 51.6 Å². The molecule has 1 aromatic carbocycles. The first-order chi connectivity index (χ1) is 9.17. The predicted octanol–water partition coefficient (Wildman–Crippen LogP) is 4.45. The third-order valence-corrected chi connectivity index (χ3v) is 2.97. The Kier molecular flexibility index (Phi) is 6.72. The Morgan fingerprint density at radius 1 is 1.32 bits per heavy atom. The quantitative estimate of drug-likeness (QED) is 0.578. The lowest BCUT2D eigenvalue weighted by atomic mass is 10.1. The van der Waals surface area contributed by atoms with Gasteiger partial charge in [-0.3, -0.25) is 4.99 Å². The number of amidine groups is 1. The van der Waals surface area contributed by atoms with Crippen molar-refractivity contribution in [3.63, 3.8) is 0 Å². The summed E-state index contributed by atoms with van der Waals surface area (Å²) in [5, 5.41) is 7.07. The van der Waals surface area contributed by atoms with Gasteiger partial charge in [0.05, 0.1) is 6.04 Å². The predicted molar refractivity (Wildman–Crippen MR) is 83.7 cm³/mol. The molecule has 1 atom stereocenters. The molecular formula is C16H23N3. The van der Waals surface area contributed by atoms with Gasteiger partial charge in [0.2, 0.25) is 0 Å². The minimum atomic E-state index is 0.130. The monoisotopic (exact) mass is 257 g/mol. The first-order valence-electron chi connectivity index (χ1n) is 6.82. The zero-order valence-electron chi connectivity index (χ0n) is 12.1. The van der Waals surface area contributed by atoms with Crippen molar-refractivity contribution in [2.24, 2.45) is 9.98 Å². The van der Waals surface area contributed by atoms with Gasteiger partial charge in [-0.2, -0.15) is 0 Å². The lowest BCUT2D eigenvalue weighted by Crippen LogP contribution is -2.02. The van der Waals surface area contributed by atoms with Crippen molar-refractivity contribution in [1.29, 1.82) is 5.41 Å². The van der Waals surface area contributed by atoms with Crippen molar-refractivity contribution in [1.82, 2.24) is 0 Å². The number of hydrogen-bond acceptors (Lipinski definition) is 2. The second-order valence-corrected chi connectivity index (χ2v) is 4.54. The Balaban J connectivity index is 2.75. The summed E-state index contributed by atoms with van der Waals surface area (Å²) < 4.78 is 0. The molecule has 102 valence electrons. The van der Waals surface area contributed by atoms with E-state index >= 15 is 0 Å². The summed E-state index contributed by atoms with van der Waals surface area (Å²) in [4.78, 5) is 9.18. The lowest BCUT2D eigenvalue weighted by molar-refractivity contribution is 0.817. The molecule has 19 heavy (non-hydrogen) atoms. The molecule has 0 saturated heterocycles. The highest BCUT2D eigenvalue weighted by atomic mass is 14.9. The minimum Gasteiger partial charge on any atom is -0.313 e. The Morgan fingerprint density at radius 2 is 2.00 bits per heavy atom. The van der Waals surface area contributed by atoms with Crippen LogP contribution < -0.4 is 0 Å². The van der Waals surface area contributed by atoms with Gasteiger partial charge in [0.25, 0.3) is 0 Å². The SMILES string of the molecule is CCC(CCC=N)=NC(C)=NC(C)c1ccccc1. The van der Waals surface area contributed by atoms with E-state index in [1.165, 1.54) is 11.8 Å². The molecule has 0 aromatic heterocycles. The van der Waals surface area contributed by atoms with Crippen LogP contribution >= 0.6 is 0 Å². The molecule has 1 rings (SSSR count). The van der Waals surface area contributed by atoms with E-state index in [9.17, 15) is 0 Å². The minimum absolute atomic E-state index is 0.130. The van der Waals surface area contributed by atoms with E-state index in [4.69, 9.17) is 5.41 Å². The number of benzene rings is 1. The van der Waals surface area contributed by atoms with Crippen molar-refractivity contribution in [3.05, 3.63) is 35.9 Å². The molecular weight excluding hydrogens is 234 g/mol. The number of hydrogen-bond donors (Lipinski definition) is 1. The van der Waals surface area contributed by atoms with E-state index in [-0.39, 0.29) is 6.04 Å². The Bertz CT molecular complexity index is 446. The van der Waals surface area contributed by atoms with E-state index in [0.29, 0.717) is 0 Å². The summed E-state index contributed by atoms with van der Waals surface area (Å²) in [7, 11) is 0. The fourth-order valence-corrected chi connectivity index (χ4v) is 1.89. The van der Waals surface area contributed by atoms with Crippen LogP contribution in [0, 0.1) is 5.41 Å². The third kappa shape index (κ3) is 5.60. The first kappa shape index (κ1) is 15.3. The van der Waals surface area contributed by atoms with Gasteiger partial charge in [-0.1, -0.05) is 37.3 Å². The van der Waals surface area contributed by atoms with E-state index < -0.39 is 0 Å². The molecule has 0 spiro atoms. The van der Waals surface area contributed by atoms with Crippen LogP contribution in [-0.2, 0) is 0 Å². The van der Waals surface area contributed by atoms with Crippen LogP contribution in [0.2, 0.25) is 0 Å². The summed E-state index contributed by atoms with van der Waals surface area (Å²) in [6.07, 6.45) is 3.96. The van der Waals surface area contributed by atoms with Crippen molar-refractivity contribution in [2.75, 3.05) is 0 Å². The van der Waals surface area contributed by atoms with E-state index in [1.807, 2.05) is 25.1 Å². The molecule has 0 heterocycles. The van der Waals surface area contributed by atoms with Crippen molar-refractivity contribution >= 4 is 17.8 Å². The third-order valence-electron chi connectivity index (χ3n) is 2.97. The molecule has 1 aromatic rings. The average molecular weight is 257 g/mol. The van der Waals surface area contributed by atoms with Crippen LogP contribution in [0.5, 0.6) is 0 Å². The Labute approximate surface area is 116 Å². The number of aliphatic imine (C=N–C) groups is 2. The highest BCUT2D eigenvalue weighted by Crippen LogP contribution is 2.16. The smallest absolute Gasteiger partial charge is 0.120 e. The van der Waals surface area contributed by atoms with Gasteiger partial charge in [0, 0.05) is 5.71 Å². The van der Waals surface area contributed by atoms with Crippen LogP contribution in [0.25, 0.3) is 0 Å². The topological polar surface area (TPSA) is 48.6 Å². The van der Waals surface area contributed by atoms with Gasteiger partial charge in [0.15, 0.2) is 0 Å². The maximum absolute atomic E-state index is 7.07. The summed E-state index contributed by atoms with van der Waals surface area (Å²) in [6, 6.07) is 10.4. The van der Waals surface area contributed by atoms with Gasteiger partial charge >= 0.3 is 0 Å². The largest absolute Gasteiger partial charge is 0.313 e. The number of nitrogens with one attached hydrogen (secondary N) is 1. The standard InChI is InChI=1S/C16H23N3/c1-4-16(11-8-12-17)19-14(3)18-13(2)15-9-6-5-7-10-15/h5-7,9-10,12-13,17H,4,8,11H2,1-3H3. The zero-order valence-corrected chi connectivity index (χ0v) is 12.1. The van der Waals surface area contributed by atoms with Gasteiger partial charge in [-0.25, -0.2) is 4.99 Å². The fraction of sp³-hybridized carbons (Fsp3) is 0.438. The van der Waals surface area contributed by atoms with E-state index in [0.717, 1.165) is 30.8 Å². The fourth-order valence-electron chi connectivity index (χ4n) is 1.89. The van der Waals surface area contributed by atoms with Gasteiger partial charge in [0.1, 0.15) is 5.84 Å². The molecule has 1 N–H and O–H groups in total. The second-order valence-electron chi connectivity index (χ2n) is 4.54. The van der Waals surface area contributed by atoms with Crippen LogP contribution in [0.3, 0.4) is 0 Å². The van der Waals surface area contributed by atoms with Gasteiger partial charge in [-0.15, -0.1) is 0 Å². The van der Waals surface area contributed by atoms with Gasteiger partial charge in [-0.05, 0) is 44.9 Å². The highest BCUT2D eigenvalue weighted by Gasteiger charge is 2.03. The second kappa shape index (κ2) is 8.35. The molecule has 0 bridgehead atoms. The van der Waals surface area contributed by atoms with E-state index in [1.54, 1.807) is 0 Å². The molecule has 0 fully saturated rings. The Hall–Kier alpha value is -1.77. The Morgan fingerprint density at radius 3 is 2.58 bits per heavy atom. The number of nitrogens with zero attached hydrogens (tertiary/aromatic N) is 2. The molecule has 0 aliphatic rings. The highest BCUT2D eigenvalue weighted by molar-refractivity contribution is 5.97. The molecule has 0 saturated carbocycles. The lowest BCUT2D eigenvalue weighted by Gasteiger charge is -2.08. The van der Waals surface area contributed by atoms with Crippen molar-refractivity contribution < 1.29 is 0 Å². The summed E-state index contributed by atoms with van der Waals surface area (Å²) in [5.74, 6) is 0.818. The first-order valence-corrected chi connectivity index (χ1v) is 6.82. The maximum atomic E-state index is 7.07. The zero-order chi connectivity index (χ0) is 14.1. The van der Waals surface area contributed by atoms with Crippen LogP contribution in [0.15, 0.2) is 40.3 Å². The number of rotatable bonds is 6. The summed E-state index contributed by atoms with van der Waals surface area (Å²) in [5.41, 5.74) is 2.32. The molecule has 3 nitrogen and oxygen atoms in total. The van der Waals surface area contributed by atoms with E-state index in [2.05, 4.69) is 36.0 Å². The average Bonchev–Trinajstić information content (AvgIpc) is 2.44. The van der Waals surface area contributed by atoms with Gasteiger partial charge < -0.3 is 5.41 Å². The van der Waals surface area contributed by atoms with Crippen molar-refractivity contribution in [2.45, 2.75) is 46.1 Å². The summed E-state index contributed by atoms with van der Waals surface area (Å²) >= 11 is 0. The normalized spacial score (nSPS) is 14.3. The molecule has 0 radical (unpaired) electrons. The molecule has 3 heteroatoms. The van der Waals surface area contributed by atoms with Crippen LogP contribution in [0.4, 0.5) is 0 Å². The molecule has 0 aliphatic carbocycles. The van der Waals surface area contributed by atoms with Crippen LogP contribution in [-0.4, -0.2) is 17.8 Å². The van der Waals surface area contributed by atoms with Crippen molar-refractivity contribution in [3.8, 4) is 0 Å². The molecule has 0 amide bonds. The summed E-state index contributed by atoms with van der Waals surface area (Å²) in [6.45, 7) is 6.12. The molecule has 1 unspecified atom stereocenters. The molecule has 0 aliphatic heterocycles.